The minimum atomic E-state index is -0.265. The van der Waals surface area contributed by atoms with Crippen LogP contribution in [-0.4, -0.2) is 32.5 Å². The van der Waals surface area contributed by atoms with Gasteiger partial charge >= 0.3 is 0 Å². The van der Waals surface area contributed by atoms with Crippen LogP contribution in [0.5, 0.6) is 11.5 Å². The highest BCUT2D eigenvalue weighted by Gasteiger charge is 2.15. The second-order valence-electron chi connectivity index (χ2n) is 3.91. The van der Waals surface area contributed by atoms with Crippen molar-refractivity contribution in [2.45, 2.75) is 12.5 Å². The fourth-order valence-corrected chi connectivity index (χ4v) is 1.66. The molecule has 0 fully saturated rings. The zero-order valence-corrected chi connectivity index (χ0v) is 11.4. The molecule has 7 heteroatoms. The molecule has 1 aromatic rings. The molecule has 0 saturated heterocycles. The van der Waals surface area contributed by atoms with E-state index in [-0.39, 0.29) is 37.6 Å². The van der Waals surface area contributed by atoms with E-state index >= 15 is 0 Å². The van der Waals surface area contributed by atoms with Crippen LogP contribution in [0.25, 0.3) is 0 Å². The van der Waals surface area contributed by atoms with Crippen molar-refractivity contribution in [3.05, 3.63) is 18.2 Å². The van der Waals surface area contributed by atoms with Crippen molar-refractivity contribution < 1.29 is 19.0 Å². The van der Waals surface area contributed by atoms with E-state index in [4.69, 9.17) is 19.9 Å². The number of ether oxygens (including phenoxy) is 3. The maximum absolute atomic E-state index is 11.7. The highest BCUT2D eigenvalue weighted by atomic mass is 35.5. The Balaban J connectivity index is 0.00000180. The van der Waals surface area contributed by atoms with Crippen molar-refractivity contribution in [2.24, 2.45) is 5.73 Å². The Bertz CT molecular complexity index is 438. The maximum Gasteiger partial charge on any atom is 0.231 e. The van der Waals surface area contributed by atoms with E-state index in [1.165, 1.54) is 7.11 Å². The number of hydrogen-bond donors (Lipinski definition) is 2. The molecule has 106 valence electrons. The number of hydrogen-bond acceptors (Lipinski definition) is 5. The summed E-state index contributed by atoms with van der Waals surface area (Å²) >= 11 is 0. The van der Waals surface area contributed by atoms with E-state index in [0.29, 0.717) is 23.7 Å². The quantitative estimate of drug-likeness (QED) is 0.849. The van der Waals surface area contributed by atoms with Gasteiger partial charge in [-0.15, -0.1) is 12.4 Å². The standard InChI is InChI=1S/C12H16N2O4.ClH/c1-16-9(6-13)5-12(15)14-8-2-3-10-11(4-8)18-7-17-10;/h2-4,9H,5-7,13H2,1H3,(H,14,15);1H. The normalized spacial score (nSPS) is 13.6. The summed E-state index contributed by atoms with van der Waals surface area (Å²) in [6.45, 7) is 0.525. The van der Waals surface area contributed by atoms with Crippen LogP contribution in [0.2, 0.25) is 0 Å². The molecule has 0 saturated carbocycles. The van der Waals surface area contributed by atoms with Gasteiger partial charge in [0.25, 0.3) is 0 Å². The van der Waals surface area contributed by atoms with Crippen LogP contribution in [0.4, 0.5) is 5.69 Å². The minimum absolute atomic E-state index is 0. The molecule has 1 unspecified atom stereocenters. The van der Waals surface area contributed by atoms with Crippen LogP contribution in [0.15, 0.2) is 18.2 Å². The van der Waals surface area contributed by atoms with Gasteiger partial charge in [-0.25, -0.2) is 0 Å². The van der Waals surface area contributed by atoms with Gasteiger partial charge in [0.1, 0.15) is 0 Å². The molecule has 0 aromatic heterocycles. The number of nitrogens with one attached hydrogen (secondary N) is 1. The average molecular weight is 289 g/mol. The Hall–Kier alpha value is -1.50. The van der Waals surface area contributed by atoms with Crippen molar-refractivity contribution in [2.75, 3.05) is 25.8 Å². The summed E-state index contributed by atoms with van der Waals surface area (Å²) in [5, 5.41) is 2.76. The lowest BCUT2D eigenvalue weighted by Gasteiger charge is -2.12. The van der Waals surface area contributed by atoms with Crippen LogP contribution in [0.3, 0.4) is 0 Å². The summed E-state index contributed by atoms with van der Waals surface area (Å²) in [6.07, 6.45) is -0.0412. The first-order valence-corrected chi connectivity index (χ1v) is 5.65. The molecule has 0 aliphatic carbocycles. The Morgan fingerprint density at radius 1 is 1.47 bits per heavy atom. The average Bonchev–Trinajstić information content (AvgIpc) is 2.83. The van der Waals surface area contributed by atoms with Gasteiger partial charge in [-0.1, -0.05) is 0 Å². The number of carbonyl (C=O) groups is 1. The molecule has 1 amide bonds. The predicted octanol–water partition coefficient (Wildman–Crippen LogP) is 1.14. The van der Waals surface area contributed by atoms with Gasteiger partial charge in [-0.2, -0.15) is 0 Å². The lowest BCUT2D eigenvalue weighted by atomic mass is 10.2. The number of anilines is 1. The SMILES string of the molecule is COC(CN)CC(=O)Nc1ccc2c(c1)OCO2.Cl. The first-order chi connectivity index (χ1) is 8.72. The van der Waals surface area contributed by atoms with E-state index < -0.39 is 0 Å². The number of carbonyl (C=O) groups excluding carboxylic acids is 1. The monoisotopic (exact) mass is 288 g/mol. The van der Waals surface area contributed by atoms with Gasteiger partial charge in [-0.3, -0.25) is 4.79 Å². The Morgan fingerprint density at radius 2 is 2.21 bits per heavy atom. The first-order valence-electron chi connectivity index (χ1n) is 5.65. The molecule has 3 N–H and O–H groups in total. The second-order valence-corrected chi connectivity index (χ2v) is 3.91. The van der Waals surface area contributed by atoms with Gasteiger partial charge in [0, 0.05) is 25.4 Å². The van der Waals surface area contributed by atoms with Crippen LogP contribution in [0.1, 0.15) is 6.42 Å². The largest absolute Gasteiger partial charge is 0.454 e. The van der Waals surface area contributed by atoms with Crippen LogP contribution in [0, 0.1) is 0 Å². The molecular formula is C12H17ClN2O4. The highest BCUT2D eigenvalue weighted by molar-refractivity contribution is 5.91. The van der Waals surface area contributed by atoms with Crippen molar-refractivity contribution in [3.63, 3.8) is 0 Å². The van der Waals surface area contributed by atoms with Gasteiger partial charge in [0.15, 0.2) is 11.5 Å². The molecule has 1 atom stereocenters. The zero-order chi connectivity index (χ0) is 13.0. The molecule has 2 rings (SSSR count). The van der Waals surface area contributed by atoms with Gasteiger partial charge in [-0.05, 0) is 12.1 Å². The summed E-state index contributed by atoms with van der Waals surface area (Å²) in [5.74, 6) is 1.17. The maximum atomic E-state index is 11.7. The molecule has 1 aliphatic heterocycles. The number of benzene rings is 1. The lowest BCUT2D eigenvalue weighted by molar-refractivity contribution is -0.118. The summed E-state index contributed by atoms with van der Waals surface area (Å²) in [5.41, 5.74) is 6.12. The lowest BCUT2D eigenvalue weighted by Crippen LogP contribution is -2.28. The van der Waals surface area contributed by atoms with Crippen molar-refractivity contribution >= 4 is 24.0 Å². The summed E-state index contributed by atoms with van der Waals surface area (Å²) in [4.78, 5) is 11.7. The summed E-state index contributed by atoms with van der Waals surface area (Å²) in [7, 11) is 1.53. The van der Waals surface area contributed by atoms with E-state index in [0.717, 1.165) is 0 Å². The van der Waals surface area contributed by atoms with Gasteiger partial charge < -0.3 is 25.3 Å². The van der Waals surface area contributed by atoms with E-state index in [9.17, 15) is 4.79 Å². The van der Waals surface area contributed by atoms with E-state index in [1.54, 1.807) is 18.2 Å². The van der Waals surface area contributed by atoms with Gasteiger partial charge in [0.05, 0.1) is 12.5 Å². The molecule has 1 aliphatic rings. The molecule has 1 heterocycles. The number of amides is 1. The molecule has 6 nitrogen and oxygen atoms in total. The van der Waals surface area contributed by atoms with Crippen LogP contribution >= 0.6 is 12.4 Å². The molecule has 0 spiro atoms. The number of rotatable bonds is 5. The summed E-state index contributed by atoms with van der Waals surface area (Å²) in [6, 6.07) is 5.24. The second kappa shape index (κ2) is 7.18. The van der Waals surface area contributed by atoms with Crippen molar-refractivity contribution in [1.82, 2.24) is 0 Å². The number of halogens is 1. The third-order valence-corrected chi connectivity index (χ3v) is 2.67. The highest BCUT2D eigenvalue weighted by Crippen LogP contribution is 2.34. The minimum Gasteiger partial charge on any atom is -0.454 e. The fraction of sp³-hybridized carbons (Fsp3) is 0.417. The number of methoxy groups -OCH3 is 1. The summed E-state index contributed by atoms with van der Waals surface area (Å²) < 4.78 is 15.5. The zero-order valence-electron chi connectivity index (χ0n) is 10.5. The van der Waals surface area contributed by atoms with Crippen LogP contribution in [-0.2, 0) is 9.53 Å². The Morgan fingerprint density at radius 3 is 2.89 bits per heavy atom. The molecule has 0 radical (unpaired) electrons. The van der Waals surface area contributed by atoms with E-state index in [1.807, 2.05) is 0 Å². The number of nitrogens with two attached hydrogens (primary N) is 1. The fourth-order valence-electron chi connectivity index (χ4n) is 1.66. The van der Waals surface area contributed by atoms with Crippen LogP contribution < -0.4 is 20.5 Å². The topological polar surface area (TPSA) is 82.8 Å². The number of fused-ring (bicyclic) bond motifs is 1. The predicted molar refractivity (Wildman–Crippen MR) is 72.9 cm³/mol. The van der Waals surface area contributed by atoms with Crippen molar-refractivity contribution in [3.8, 4) is 11.5 Å². The third kappa shape index (κ3) is 3.99. The first kappa shape index (κ1) is 15.6. The van der Waals surface area contributed by atoms with Gasteiger partial charge in [0.2, 0.25) is 12.7 Å². The molecule has 1 aromatic carbocycles. The Kier molecular flexibility index (Phi) is 5.88. The van der Waals surface area contributed by atoms with Crippen molar-refractivity contribution in [1.29, 1.82) is 0 Å². The Labute approximate surface area is 117 Å². The smallest absolute Gasteiger partial charge is 0.231 e. The molecule has 0 bridgehead atoms. The van der Waals surface area contributed by atoms with E-state index in [2.05, 4.69) is 5.32 Å². The third-order valence-electron chi connectivity index (χ3n) is 2.67. The molecule has 19 heavy (non-hydrogen) atoms. The molecular weight excluding hydrogens is 272 g/mol.